The van der Waals surface area contributed by atoms with Crippen LogP contribution in [0.5, 0.6) is 11.5 Å². The van der Waals surface area contributed by atoms with Crippen molar-refractivity contribution in [3.05, 3.63) is 39.3 Å². The number of aromatic nitrogens is 1. The van der Waals surface area contributed by atoms with E-state index in [-0.39, 0.29) is 29.8 Å². The van der Waals surface area contributed by atoms with Gasteiger partial charge in [-0.15, -0.1) is 23.7 Å². The number of benzene rings is 1. The zero-order valence-electron chi connectivity index (χ0n) is 16.5. The molecule has 0 saturated heterocycles. The Labute approximate surface area is 180 Å². The van der Waals surface area contributed by atoms with Crippen molar-refractivity contribution < 1.29 is 14.3 Å². The lowest BCUT2D eigenvalue weighted by atomic mass is 9.71. The normalized spacial score (nSPS) is 21.6. The summed E-state index contributed by atoms with van der Waals surface area (Å²) in [7, 11) is 0. The monoisotopic (exact) mass is 435 g/mol. The number of carbonyl (C=O) groups excluding carboxylic acids is 1. The number of amides is 1. The first-order valence-electron chi connectivity index (χ1n) is 10.0. The maximum Gasteiger partial charge on any atom is 0.273 e. The molecule has 6 nitrogen and oxygen atoms in total. The third kappa shape index (κ3) is 3.29. The van der Waals surface area contributed by atoms with Crippen LogP contribution in [-0.2, 0) is 12.0 Å². The number of hydrogen-bond donors (Lipinski definition) is 1. The van der Waals surface area contributed by atoms with Gasteiger partial charge in [-0.2, -0.15) is 0 Å². The molecule has 29 heavy (non-hydrogen) atoms. The van der Waals surface area contributed by atoms with Gasteiger partial charge >= 0.3 is 0 Å². The number of thiazole rings is 1. The van der Waals surface area contributed by atoms with Crippen LogP contribution in [0.1, 0.15) is 65.3 Å². The Hall–Kier alpha value is -1.83. The Morgan fingerprint density at radius 2 is 1.97 bits per heavy atom. The van der Waals surface area contributed by atoms with E-state index >= 15 is 0 Å². The summed E-state index contributed by atoms with van der Waals surface area (Å²) in [5, 5.41) is 2.63. The molecule has 1 amide bonds. The summed E-state index contributed by atoms with van der Waals surface area (Å²) < 4.78 is 11.7. The Balaban J connectivity index is 0.00000205. The Kier molecular flexibility index (Phi) is 5.48. The molecule has 156 valence electrons. The molecule has 0 bridgehead atoms. The minimum absolute atomic E-state index is 0. The third-order valence-corrected chi connectivity index (χ3v) is 7.31. The van der Waals surface area contributed by atoms with Crippen molar-refractivity contribution >= 4 is 29.7 Å². The highest BCUT2D eigenvalue weighted by molar-refractivity contribution is 7.09. The fourth-order valence-corrected chi connectivity index (χ4v) is 5.65. The van der Waals surface area contributed by atoms with Crippen molar-refractivity contribution in [3.8, 4) is 11.5 Å². The Morgan fingerprint density at radius 3 is 2.62 bits per heavy atom. The predicted octanol–water partition coefficient (Wildman–Crippen LogP) is 3.82. The lowest BCUT2D eigenvalue weighted by Gasteiger charge is -2.46. The molecule has 1 saturated carbocycles. The summed E-state index contributed by atoms with van der Waals surface area (Å²) in [5.74, 6) is 1.63. The molecule has 2 N–H and O–H groups in total. The van der Waals surface area contributed by atoms with Crippen LogP contribution in [0.15, 0.2) is 17.5 Å². The Morgan fingerprint density at radius 1 is 1.28 bits per heavy atom. The number of nitrogens with two attached hydrogens (primary N) is 1. The van der Waals surface area contributed by atoms with Crippen LogP contribution in [0.4, 0.5) is 0 Å². The fraction of sp³-hybridized carbons (Fsp3) is 0.524. The number of carbonyl (C=O) groups is 1. The molecule has 1 fully saturated rings. The van der Waals surface area contributed by atoms with Crippen molar-refractivity contribution in [1.82, 2.24) is 9.88 Å². The van der Waals surface area contributed by atoms with Crippen LogP contribution in [-0.4, -0.2) is 35.5 Å². The molecule has 2 aromatic rings. The van der Waals surface area contributed by atoms with E-state index < -0.39 is 0 Å². The molecule has 1 aliphatic carbocycles. The topological polar surface area (TPSA) is 77.7 Å². The van der Waals surface area contributed by atoms with E-state index in [0.29, 0.717) is 25.5 Å². The second kappa shape index (κ2) is 7.78. The lowest BCUT2D eigenvalue weighted by Crippen LogP contribution is -2.48. The molecule has 2 aliphatic heterocycles. The SMILES string of the molecule is CC1c2cc3c(cc2C2(CCCC2)CN1C(=O)c1csc(CN)n1)OCCO3.Cl. The summed E-state index contributed by atoms with van der Waals surface area (Å²) in [4.78, 5) is 19.8. The van der Waals surface area contributed by atoms with Crippen LogP contribution in [0.3, 0.4) is 0 Å². The highest BCUT2D eigenvalue weighted by atomic mass is 35.5. The quantitative estimate of drug-likeness (QED) is 0.775. The second-order valence-electron chi connectivity index (χ2n) is 8.01. The zero-order valence-corrected chi connectivity index (χ0v) is 18.1. The summed E-state index contributed by atoms with van der Waals surface area (Å²) in [6.45, 7) is 4.35. The van der Waals surface area contributed by atoms with Crippen LogP contribution in [0, 0.1) is 0 Å². The molecular weight excluding hydrogens is 410 g/mol. The summed E-state index contributed by atoms with van der Waals surface area (Å²) in [6, 6.07) is 4.25. The second-order valence-corrected chi connectivity index (χ2v) is 8.95. The van der Waals surface area contributed by atoms with Crippen molar-refractivity contribution in [2.45, 2.75) is 50.6 Å². The number of halogens is 1. The summed E-state index contributed by atoms with van der Waals surface area (Å²) in [5.41, 5.74) is 8.71. The van der Waals surface area contributed by atoms with Gasteiger partial charge in [-0.25, -0.2) is 4.98 Å². The van der Waals surface area contributed by atoms with Gasteiger partial charge in [-0.3, -0.25) is 4.79 Å². The largest absolute Gasteiger partial charge is 0.486 e. The third-order valence-electron chi connectivity index (χ3n) is 6.44. The first-order chi connectivity index (χ1) is 13.6. The highest BCUT2D eigenvalue weighted by Gasteiger charge is 2.46. The van der Waals surface area contributed by atoms with E-state index in [4.69, 9.17) is 15.2 Å². The van der Waals surface area contributed by atoms with E-state index in [2.05, 4.69) is 24.0 Å². The van der Waals surface area contributed by atoms with Gasteiger partial charge < -0.3 is 20.1 Å². The lowest BCUT2D eigenvalue weighted by molar-refractivity contribution is 0.0587. The fourth-order valence-electron chi connectivity index (χ4n) is 5.00. The number of rotatable bonds is 2. The van der Waals surface area contributed by atoms with Crippen molar-refractivity contribution in [1.29, 1.82) is 0 Å². The molecule has 1 aromatic heterocycles. The van der Waals surface area contributed by atoms with E-state index in [0.717, 1.165) is 35.9 Å². The van der Waals surface area contributed by atoms with E-state index in [1.54, 1.807) is 0 Å². The number of ether oxygens (including phenoxy) is 2. The van der Waals surface area contributed by atoms with Gasteiger partial charge in [0.25, 0.3) is 5.91 Å². The minimum atomic E-state index is -0.0346. The zero-order chi connectivity index (χ0) is 19.3. The molecule has 1 atom stereocenters. The Bertz CT molecular complexity index is 926. The molecule has 0 radical (unpaired) electrons. The van der Waals surface area contributed by atoms with Gasteiger partial charge in [0.1, 0.15) is 23.9 Å². The molecule has 3 aliphatic rings. The van der Waals surface area contributed by atoms with Crippen molar-refractivity contribution in [2.24, 2.45) is 5.73 Å². The van der Waals surface area contributed by atoms with Gasteiger partial charge in [0.15, 0.2) is 11.5 Å². The van der Waals surface area contributed by atoms with Crippen molar-refractivity contribution in [2.75, 3.05) is 19.8 Å². The molecule has 1 aromatic carbocycles. The van der Waals surface area contributed by atoms with Crippen LogP contribution < -0.4 is 15.2 Å². The first-order valence-corrected chi connectivity index (χ1v) is 10.9. The highest BCUT2D eigenvalue weighted by Crippen LogP contribution is 2.52. The number of fused-ring (bicyclic) bond motifs is 3. The number of hydrogen-bond acceptors (Lipinski definition) is 6. The predicted molar refractivity (Wildman–Crippen MR) is 114 cm³/mol. The molecule has 8 heteroatoms. The maximum absolute atomic E-state index is 13.4. The van der Waals surface area contributed by atoms with E-state index in [1.807, 2.05) is 10.3 Å². The molecule has 5 rings (SSSR count). The molecule has 3 heterocycles. The average molecular weight is 436 g/mol. The average Bonchev–Trinajstić information content (AvgIpc) is 3.39. The summed E-state index contributed by atoms with van der Waals surface area (Å²) in [6.07, 6.45) is 4.58. The maximum atomic E-state index is 13.4. The standard InChI is InChI=1S/C21H25N3O3S.ClH/c1-13-14-8-17-18(27-7-6-26-17)9-15(14)21(4-2-3-5-21)12-24(13)20(25)16-11-28-19(10-22)23-16;/h8-9,11,13H,2-7,10,12,22H2,1H3;1H. The van der Waals surface area contributed by atoms with Crippen LogP contribution in [0.2, 0.25) is 0 Å². The van der Waals surface area contributed by atoms with Gasteiger partial charge in [-0.1, -0.05) is 12.8 Å². The minimum Gasteiger partial charge on any atom is -0.486 e. The number of nitrogens with zero attached hydrogens (tertiary/aromatic N) is 2. The van der Waals surface area contributed by atoms with Gasteiger partial charge in [0.05, 0.1) is 6.04 Å². The molecule has 1 spiro atoms. The van der Waals surface area contributed by atoms with Crippen LogP contribution in [0.25, 0.3) is 0 Å². The molecular formula is C21H26ClN3O3S. The van der Waals surface area contributed by atoms with E-state index in [9.17, 15) is 4.79 Å². The van der Waals surface area contributed by atoms with Gasteiger partial charge in [-0.05, 0) is 43.0 Å². The first kappa shape index (κ1) is 20.4. The van der Waals surface area contributed by atoms with Crippen LogP contribution >= 0.6 is 23.7 Å². The van der Waals surface area contributed by atoms with Crippen molar-refractivity contribution in [3.63, 3.8) is 0 Å². The molecule has 1 unspecified atom stereocenters. The van der Waals surface area contributed by atoms with Gasteiger partial charge in [0.2, 0.25) is 0 Å². The van der Waals surface area contributed by atoms with E-state index in [1.165, 1.54) is 35.3 Å². The smallest absolute Gasteiger partial charge is 0.273 e. The van der Waals surface area contributed by atoms with Gasteiger partial charge in [0, 0.05) is 23.9 Å². The summed E-state index contributed by atoms with van der Waals surface area (Å²) >= 11 is 1.45.